The smallest absolute Gasteiger partial charge is 0.338 e. The van der Waals surface area contributed by atoms with Crippen LogP contribution in [0.4, 0.5) is 0 Å². The number of nitrogens with zero attached hydrogens (tertiary/aromatic N) is 2. The highest BCUT2D eigenvalue weighted by Crippen LogP contribution is 2.23. The van der Waals surface area contributed by atoms with Crippen LogP contribution < -0.4 is 0 Å². The van der Waals surface area contributed by atoms with Crippen LogP contribution in [0, 0.1) is 6.92 Å². The minimum absolute atomic E-state index is 0.00320. The van der Waals surface area contributed by atoms with Crippen molar-refractivity contribution in [3.63, 3.8) is 0 Å². The molecule has 0 aliphatic carbocycles. The van der Waals surface area contributed by atoms with Crippen LogP contribution in [0.15, 0.2) is 23.1 Å². The number of rotatable bonds is 6. The lowest BCUT2D eigenvalue weighted by molar-refractivity contribution is -0.134. The van der Waals surface area contributed by atoms with Gasteiger partial charge in [-0.05, 0) is 31.0 Å². The molecule has 1 aromatic carbocycles. The van der Waals surface area contributed by atoms with Crippen molar-refractivity contribution in [3.05, 3.63) is 29.3 Å². The predicted octanol–water partition coefficient (Wildman–Crippen LogP) is -0.182. The van der Waals surface area contributed by atoms with Gasteiger partial charge in [0.1, 0.15) is 0 Å². The lowest BCUT2D eigenvalue weighted by Gasteiger charge is -2.26. The average Bonchev–Trinajstić information content (AvgIpc) is 3.11. The Labute approximate surface area is 182 Å². The summed E-state index contributed by atoms with van der Waals surface area (Å²) in [4.78, 5) is 26.0. The maximum absolute atomic E-state index is 12.9. The maximum Gasteiger partial charge on any atom is 0.338 e. The van der Waals surface area contributed by atoms with Crippen LogP contribution in [0.3, 0.4) is 0 Å². The summed E-state index contributed by atoms with van der Waals surface area (Å²) in [6.45, 7) is 2.14. The minimum Gasteiger partial charge on any atom is -0.452 e. The Bertz CT molecular complexity index is 1060. The number of amides is 1. The molecule has 0 aromatic heterocycles. The van der Waals surface area contributed by atoms with Crippen molar-refractivity contribution in [2.24, 2.45) is 0 Å². The molecule has 12 heteroatoms. The molecule has 0 radical (unpaired) electrons. The molecular formula is C19H26N2O8S2. The zero-order valence-electron chi connectivity index (χ0n) is 17.4. The van der Waals surface area contributed by atoms with E-state index in [-0.39, 0.29) is 35.1 Å². The second-order valence-corrected chi connectivity index (χ2v) is 11.8. The first-order valence-electron chi connectivity index (χ1n) is 9.83. The molecule has 3 rings (SSSR count). The van der Waals surface area contributed by atoms with E-state index in [9.17, 15) is 26.4 Å². The van der Waals surface area contributed by atoms with Crippen LogP contribution in [0.1, 0.15) is 22.3 Å². The van der Waals surface area contributed by atoms with E-state index in [2.05, 4.69) is 0 Å². The summed E-state index contributed by atoms with van der Waals surface area (Å²) in [7, 11) is -5.48. The quantitative estimate of drug-likeness (QED) is 0.520. The fourth-order valence-electron chi connectivity index (χ4n) is 3.53. The van der Waals surface area contributed by atoms with E-state index in [1.165, 1.54) is 34.5 Å². The van der Waals surface area contributed by atoms with E-state index >= 15 is 0 Å². The highest BCUT2D eigenvalue weighted by atomic mass is 32.2. The molecule has 0 bridgehead atoms. The highest BCUT2D eigenvalue weighted by molar-refractivity contribution is 7.91. The Balaban J connectivity index is 1.67. The van der Waals surface area contributed by atoms with Gasteiger partial charge >= 0.3 is 5.97 Å². The first-order chi connectivity index (χ1) is 14.5. The van der Waals surface area contributed by atoms with E-state index in [0.29, 0.717) is 25.2 Å². The molecule has 172 valence electrons. The third kappa shape index (κ3) is 5.43. The topological polar surface area (TPSA) is 127 Å². The normalized spacial score (nSPS) is 21.5. The van der Waals surface area contributed by atoms with Crippen LogP contribution in [-0.2, 0) is 34.1 Å². The lowest BCUT2D eigenvalue weighted by atomic mass is 10.1. The summed E-state index contributed by atoms with van der Waals surface area (Å²) in [5, 5.41) is 0. The third-order valence-electron chi connectivity index (χ3n) is 5.49. The fourth-order valence-corrected chi connectivity index (χ4v) is 6.96. The lowest BCUT2D eigenvalue weighted by Crippen LogP contribution is -2.41. The summed E-state index contributed by atoms with van der Waals surface area (Å²) in [5.74, 6) is -1.44. The minimum atomic E-state index is -3.80. The zero-order chi connectivity index (χ0) is 22.8. The summed E-state index contributed by atoms with van der Waals surface area (Å²) < 4.78 is 60.6. The number of benzene rings is 1. The molecule has 1 aromatic rings. The largest absolute Gasteiger partial charge is 0.452 e. The van der Waals surface area contributed by atoms with Crippen molar-refractivity contribution in [1.29, 1.82) is 0 Å². The summed E-state index contributed by atoms with van der Waals surface area (Å²) in [6, 6.07) is 3.76. The molecule has 0 N–H and O–H groups in total. The van der Waals surface area contributed by atoms with Crippen LogP contribution in [0.2, 0.25) is 0 Å². The fraction of sp³-hybridized carbons (Fsp3) is 0.579. The number of ether oxygens (including phenoxy) is 2. The molecule has 2 fully saturated rings. The molecule has 2 aliphatic rings. The van der Waals surface area contributed by atoms with Gasteiger partial charge < -0.3 is 14.4 Å². The number of carbonyl (C=O) groups excluding carboxylic acids is 2. The SMILES string of the molecule is Cc1ccc(C(=O)OCC(=O)N(C)C2CCS(=O)(=O)C2)cc1S(=O)(=O)N1CCOCC1. The molecule has 2 heterocycles. The maximum atomic E-state index is 12.9. The summed E-state index contributed by atoms with van der Waals surface area (Å²) in [5.41, 5.74) is 0.498. The molecule has 0 saturated carbocycles. The van der Waals surface area contributed by atoms with Gasteiger partial charge in [0.05, 0.1) is 35.2 Å². The van der Waals surface area contributed by atoms with Crippen molar-refractivity contribution in [2.75, 3.05) is 51.5 Å². The van der Waals surface area contributed by atoms with Gasteiger partial charge in [-0.15, -0.1) is 0 Å². The molecular weight excluding hydrogens is 448 g/mol. The summed E-state index contributed by atoms with van der Waals surface area (Å²) >= 11 is 0. The molecule has 2 saturated heterocycles. The molecule has 1 atom stereocenters. The molecule has 1 amide bonds. The number of esters is 1. The molecule has 0 spiro atoms. The van der Waals surface area contributed by atoms with Crippen molar-refractivity contribution in [2.45, 2.75) is 24.3 Å². The highest BCUT2D eigenvalue weighted by Gasteiger charge is 2.33. The van der Waals surface area contributed by atoms with Crippen LogP contribution in [-0.4, -0.2) is 95.4 Å². The molecule has 10 nitrogen and oxygen atoms in total. The van der Waals surface area contributed by atoms with Gasteiger partial charge in [-0.1, -0.05) is 6.07 Å². The van der Waals surface area contributed by atoms with Gasteiger partial charge in [0.25, 0.3) is 5.91 Å². The van der Waals surface area contributed by atoms with Crippen molar-refractivity contribution >= 4 is 31.7 Å². The van der Waals surface area contributed by atoms with Gasteiger partial charge in [-0.3, -0.25) is 4.79 Å². The number of carbonyl (C=O) groups is 2. The van der Waals surface area contributed by atoms with Gasteiger partial charge in [-0.2, -0.15) is 4.31 Å². The number of aryl methyl sites for hydroxylation is 1. The van der Waals surface area contributed by atoms with Crippen LogP contribution >= 0.6 is 0 Å². The van der Waals surface area contributed by atoms with E-state index < -0.39 is 44.4 Å². The predicted molar refractivity (Wildman–Crippen MR) is 111 cm³/mol. The number of hydrogen-bond donors (Lipinski definition) is 0. The second-order valence-electron chi connectivity index (χ2n) is 7.63. The van der Waals surface area contributed by atoms with Gasteiger partial charge in [0.15, 0.2) is 16.4 Å². The zero-order valence-corrected chi connectivity index (χ0v) is 19.1. The second kappa shape index (κ2) is 9.23. The Morgan fingerprint density at radius 3 is 2.55 bits per heavy atom. The van der Waals surface area contributed by atoms with Gasteiger partial charge in [0, 0.05) is 26.2 Å². The van der Waals surface area contributed by atoms with E-state index in [0.717, 1.165) is 0 Å². The molecule has 2 aliphatic heterocycles. The van der Waals surface area contributed by atoms with Crippen LogP contribution in [0.5, 0.6) is 0 Å². The standard InChI is InChI=1S/C19H26N2O8S2/c1-14-3-4-15(11-17(14)31(26,27)21-6-8-28-9-7-21)19(23)29-12-18(22)20(2)16-5-10-30(24,25)13-16/h3-4,11,16H,5-10,12-13H2,1-2H3. The number of morpholine rings is 1. The van der Waals surface area contributed by atoms with E-state index in [1.54, 1.807) is 6.92 Å². The Morgan fingerprint density at radius 1 is 1.26 bits per heavy atom. The molecule has 1 unspecified atom stereocenters. The average molecular weight is 475 g/mol. The monoisotopic (exact) mass is 474 g/mol. The van der Waals surface area contributed by atoms with Crippen molar-refractivity contribution in [3.8, 4) is 0 Å². The number of sulfone groups is 1. The van der Waals surface area contributed by atoms with Crippen LogP contribution in [0.25, 0.3) is 0 Å². The first kappa shape index (κ1) is 23.6. The molecule has 31 heavy (non-hydrogen) atoms. The third-order valence-corrected chi connectivity index (χ3v) is 9.28. The number of likely N-dealkylation sites (N-methyl/N-ethyl adjacent to an activating group) is 1. The Kier molecular flexibility index (Phi) is 7.04. The first-order valence-corrected chi connectivity index (χ1v) is 13.1. The van der Waals surface area contributed by atoms with Gasteiger partial charge in [0.2, 0.25) is 10.0 Å². The van der Waals surface area contributed by atoms with Crippen molar-refractivity contribution in [1.82, 2.24) is 9.21 Å². The Hall–Kier alpha value is -2.02. The summed E-state index contributed by atoms with van der Waals surface area (Å²) in [6.07, 6.45) is 0.346. The van der Waals surface area contributed by atoms with Gasteiger partial charge in [-0.25, -0.2) is 21.6 Å². The Morgan fingerprint density at radius 2 is 1.94 bits per heavy atom. The van der Waals surface area contributed by atoms with Crippen molar-refractivity contribution < 1.29 is 35.9 Å². The number of sulfonamides is 1. The number of hydrogen-bond acceptors (Lipinski definition) is 8. The van der Waals surface area contributed by atoms with E-state index in [4.69, 9.17) is 9.47 Å². The van der Waals surface area contributed by atoms with E-state index in [1.807, 2.05) is 0 Å².